The van der Waals surface area contributed by atoms with Gasteiger partial charge in [-0.3, -0.25) is 8.87 Å². The Morgan fingerprint density at radius 2 is 1.91 bits per heavy atom. The van der Waals surface area contributed by atoms with Gasteiger partial charge in [-0.05, 0) is 84.2 Å². The second kappa shape index (κ2) is 14.2. The molecule has 9 nitrogen and oxygen atoms in total. The van der Waals surface area contributed by atoms with Gasteiger partial charge in [0, 0.05) is 30.6 Å². The van der Waals surface area contributed by atoms with Crippen molar-refractivity contribution >= 4 is 48.0 Å². The van der Waals surface area contributed by atoms with Crippen molar-refractivity contribution in [3.8, 4) is 28.8 Å². The standard InChI is InChI=1S/C23H33IN6O3S2/c1-16(10-11-25)26-12-14-35-29(13-15-34-24)23-28-27-22(20-9-8-17(2)33-20)30(23)21-18(31-3)6-5-7-19(21)32-4/h5-9,16,26H,10-15,25H2,1-4H3/t16-/m1/s1. The Kier molecular flexibility index (Phi) is 11.4. The second-order valence-corrected chi connectivity index (χ2v) is 11.4. The van der Waals surface area contributed by atoms with E-state index in [1.165, 1.54) is 0 Å². The molecule has 0 radical (unpaired) electrons. The summed E-state index contributed by atoms with van der Waals surface area (Å²) >= 11 is 4.03. The molecule has 3 rings (SSSR count). The van der Waals surface area contributed by atoms with E-state index >= 15 is 0 Å². The van der Waals surface area contributed by atoms with Gasteiger partial charge in [0.1, 0.15) is 22.9 Å². The van der Waals surface area contributed by atoms with Gasteiger partial charge in [-0.1, -0.05) is 15.0 Å². The minimum atomic E-state index is 0.384. The molecule has 0 saturated carbocycles. The number of ether oxygens (including phenoxy) is 2. The number of nitrogens with zero attached hydrogens (tertiary/aromatic N) is 4. The molecule has 0 aliphatic heterocycles. The maximum atomic E-state index is 5.94. The molecule has 35 heavy (non-hydrogen) atoms. The van der Waals surface area contributed by atoms with E-state index in [1.807, 2.05) is 41.8 Å². The highest BCUT2D eigenvalue weighted by Crippen LogP contribution is 2.39. The summed E-state index contributed by atoms with van der Waals surface area (Å²) in [6.45, 7) is 6.39. The first-order chi connectivity index (χ1) is 17.0. The lowest BCUT2D eigenvalue weighted by Crippen LogP contribution is -2.31. The highest BCUT2D eigenvalue weighted by atomic mass is 127. The van der Waals surface area contributed by atoms with Crippen molar-refractivity contribution < 1.29 is 13.9 Å². The number of para-hydroxylation sites is 1. The molecule has 0 spiro atoms. The average molecular weight is 633 g/mol. The third-order valence-electron chi connectivity index (χ3n) is 5.27. The van der Waals surface area contributed by atoms with Crippen LogP contribution in [0.2, 0.25) is 0 Å². The molecule has 0 saturated heterocycles. The minimum absolute atomic E-state index is 0.384. The molecule has 2 aromatic heterocycles. The van der Waals surface area contributed by atoms with E-state index in [1.54, 1.807) is 35.1 Å². The Morgan fingerprint density at radius 3 is 2.51 bits per heavy atom. The molecular weight excluding hydrogens is 599 g/mol. The largest absolute Gasteiger partial charge is 0.494 e. The zero-order chi connectivity index (χ0) is 25.2. The van der Waals surface area contributed by atoms with Crippen molar-refractivity contribution in [2.75, 3.05) is 49.7 Å². The third-order valence-corrected chi connectivity index (χ3v) is 7.97. The van der Waals surface area contributed by atoms with E-state index in [9.17, 15) is 0 Å². The second-order valence-electron chi connectivity index (χ2n) is 7.76. The highest BCUT2D eigenvalue weighted by molar-refractivity contribution is 14.2. The van der Waals surface area contributed by atoms with Gasteiger partial charge < -0.3 is 24.9 Å². The molecule has 12 heteroatoms. The highest BCUT2D eigenvalue weighted by Gasteiger charge is 2.27. The SMILES string of the molecule is COc1cccc(OC)c1-n1c(-c2ccc(C)o2)nnc1N(CCSI)SCCN[C@H](C)CCN. The zero-order valence-corrected chi connectivity index (χ0v) is 24.3. The smallest absolute Gasteiger partial charge is 0.242 e. The fourth-order valence-electron chi connectivity index (χ4n) is 3.56. The molecule has 1 aromatic carbocycles. The van der Waals surface area contributed by atoms with E-state index in [4.69, 9.17) is 19.6 Å². The van der Waals surface area contributed by atoms with Crippen LogP contribution in [-0.2, 0) is 0 Å². The Balaban J connectivity index is 2.03. The number of nitrogens with two attached hydrogens (primary N) is 1. The van der Waals surface area contributed by atoms with Gasteiger partial charge in [-0.2, -0.15) is 0 Å². The lowest BCUT2D eigenvalue weighted by atomic mass is 10.2. The topological polar surface area (TPSA) is 104 Å². The number of aryl methyl sites for hydroxylation is 1. The summed E-state index contributed by atoms with van der Waals surface area (Å²) in [5, 5.41) is 12.7. The summed E-state index contributed by atoms with van der Waals surface area (Å²) < 4.78 is 21.6. The predicted molar refractivity (Wildman–Crippen MR) is 154 cm³/mol. The number of halogens is 1. The van der Waals surface area contributed by atoms with E-state index in [2.05, 4.69) is 47.9 Å². The van der Waals surface area contributed by atoms with Gasteiger partial charge >= 0.3 is 0 Å². The maximum absolute atomic E-state index is 5.94. The molecular formula is C23H33IN6O3S2. The van der Waals surface area contributed by atoms with Gasteiger partial charge in [0.2, 0.25) is 11.8 Å². The zero-order valence-electron chi connectivity index (χ0n) is 20.5. The number of benzene rings is 1. The Hall–Kier alpha value is -1.61. The minimum Gasteiger partial charge on any atom is -0.494 e. The fraction of sp³-hybridized carbons (Fsp3) is 0.478. The quantitative estimate of drug-likeness (QED) is 0.139. The molecule has 0 unspecified atom stereocenters. The summed E-state index contributed by atoms with van der Waals surface area (Å²) in [4.78, 5) is 0. The van der Waals surface area contributed by atoms with Crippen LogP contribution in [-0.4, -0.2) is 66.2 Å². The van der Waals surface area contributed by atoms with Crippen molar-refractivity contribution in [2.45, 2.75) is 26.3 Å². The lowest BCUT2D eigenvalue weighted by Gasteiger charge is -2.24. The molecule has 1 atom stereocenters. The summed E-state index contributed by atoms with van der Waals surface area (Å²) in [5.74, 6) is 5.79. The van der Waals surface area contributed by atoms with Crippen LogP contribution in [0.3, 0.4) is 0 Å². The molecule has 3 N–H and O–H groups in total. The van der Waals surface area contributed by atoms with Crippen LogP contribution in [0.5, 0.6) is 11.5 Å². The molecule has 3 aromatic rings. The van der Waals surface area contributed by atoms with Crippen molar-refractivity contribution in [1.29, 1.82) is 0 Å². The van der Waals surface area contributed by atoms with Crippen molar-refractivity contribution in [3.63, 3.8) is 0 Å². The molecule has 0 amide bonds. The maximum Gasteiger partial charge on any atom is 0.242 e. The van der Waals surface area contributed by atoms with Crippen LogP contribution < -0.4 is 24.8 Å². The van der Waals surface area contributed by atoms with E-state index in [0.29, 0.717) is 41.6 Å². The molecule has 2 heterocycles. The van der Waals surface area contributed by atoms with Crippen molar-refractivity contribution in [2.24, 2.45) is 5.73 Å². The lowest BCUT2D eigenvalue weighted by molar-refractivity contribution is 0.391. The summed E-state index contributed by atoms with van der Waals surface area (Å²) in [5.41, 5.74) is 6.41. The van der Waals surface area contributed by atoms with Gasteiger partial charge in [0.25, 0.3) is 0 Å². The number of hydrogen-bond donors (Lipinski definition) is 2. The summed E-state index contributed by atoms with van der Waals surface area (Å²) in [6, 6.07) is 9.91. The predicted octanol–water partition coefficient (Wildman–Crippen LogP) is 4.72. The molecule has 0 fully saturated rings. The number of hydrogen-bond acceptors (Lipinski definition) is 10. The van der Waals surface area contributed by atoms with E-state index in [0.717, 1.165) is 42.5 Å². The van der Waals surface area contributed by atoms with Crippen LogP contribution in [0.1, 0.15) is 19.1 Å². The van der Waals surface area contributed by atoms with Crippen molar-refractivity contribution in [3.05, 3.63) is 36.1 Å². The van der Waals surface area contributed by atoms with Crippen LogP contribution in [0, 0.1) is 6.92 Å². The Morgan fingerprint density at radius 1 is 1.17 bits per heavy atom. The fourth-order valence-corrected chi connectivity index (χ4v) is 5.40. The van der Waals surface area contributed by atoms with Gasteiger partial charge in [0.15, 0.2) is 5.76 Å². The monoisotopic (exact) mass is 632 g/mol. The first kappa shape index (κ1) is 28.0. The normalized spacial score (nSPS) is 12.1. The van der Waals surface area contributed by atoms with Crippen LogP contribution in [0.25, 0.3) is 17.3 Å². The Bertz CT molecular complexity index is 1040. The first-order valence-electron chi connectivity index (χ1n) is 11.3. The van der Waals surface area contributed by atoms with Crippen molar-refractivity contribution in [1.82, 2.24) is 20.1 Å². The number of nitrogens with one attached hydrogen (secondary N) is 1. The number of furan rings is 1. The number of anilines is 1. The number of aromatic nitrogens is 3. The third kappa shape index (κ3) is 7.21. The summed E-state index contributed by atoms with van der Waals surface area (Å²) in [6.07, 6.45) is 0.952. The average Bonchev–Trinajstić information content (AvgIpc) is 3.49. The number of rotatable bonds is 15. The van der Waals surface area contributed by atoms with Crippen LogP contribution in [0.15, 0.2) is 34.7 Å². The molecule has 0 aliphatic rings. The van der Waals surface area contributed by atoms with Gasteiger partial charge in [0.05, 0.1) is 14.2 Å². The molecule has 192 valence electrons. The molecule has 0 bridgehead atoms. The number of methoxy groups -OCH3 is 2. The van der Waals surface area contributed by atoms with Crippen LogP contribution >= 0.6 is 42.1 Å². The molecule has 0 aliphatic carbocycles. The van der Waals surface area contributed by atoms with E-state index < -0.39 is 0 Å². The van der Waals surface area contributed by atoms with Crippen LogP contribution in [0.4, 0.5) is 5.95 Å². The van der Waals surface area contributed by atoms with Gasteiger partial charge in [-0.15, -0.1) is 10.2 Å². The van der Waals surface area contributed by atoms with E-state index in [-0.39, 0.29) is 0 Å². The Labute approximate surface area is 227 Å². The van der Waals surface area contributed by atoms with Gasteiger partial charge in [-0.25, -0.2) is 0 Å². The first-order valence-corrected chi connectivity index (χ1v) is 15.8. The summed E-state index contributed by atoms with van der Waals surface area (Å²) in [7, 11) is 5.05.